The summed E-state index contributed by atoms with van der Waals surface area (Å²) in [6, 6.07) is 0. The van der Waals surface area contributed by atoms with E-state index in [0.29, 0.717) is 0 Å². The van der Waals surface area contributed by atoms with Crippen LogP contribution in [-0.4, -0.2) is 33.0 Å². The molecule has 26 heavy (non-hydrogen) atoms. The topological polar surface area (TPSA) is 42.7 Å². The van der Waals surface area contributed by atoms with Crippen LogP contribution < -0.4 is 5.32 Å². The van der Waals surface area contributed by atoms with Gasteiger partial charge >= 0.3 is 6.18 Å². The van der Waals surface area contributed by atoms with E-state index in [1.54, 1.807) is 0 Å². The van der Waals surface area contributed by atoms with Crippen LogP contribution in [-0.2, 0) is 18.4 Å². The molecule has 0 amide bonds. The number of aromatic nitrogens is 3. The number of nitrogens with zero attached hydrogens (tertiary/aromatic N) is 3. The lowest BCUT2D eigenvalue weighted by Gasteiger charge is -2.53. The summed E-state index contributed by atoms with van der Waals surface area (Å²) in [6.07, 6.45) is 7.05. The molecule has 0 unspecified atom stereocenters. The summed E-state index contributed by atoms with van der Waals surface area (Å²) >= 11 is 0. The molecule has 1 aromatic rings. The van der Waals surface area contributed by atoms with Crippen LogP contribution in [0.25, 0.3) is 0 Å². The van der Waals surface area contributed by atoms with E-state index in [1.807, 2.05) is 0 Å². The molecule has 146 valence electrons. The van der Waals surface area contributed by atoms with Gasteiger partial charge in [0.1, 0.15) is 11.6 Å². The van der Waals surface area contributed by atoms with Crippen molar-refractivity contribution in [3.63, 3.8) is 0 Å². The number of aryl methyl sites for hydroxylation is 1. The number of nitrogens with one attached hydrogen (secondary N) is 1. The Labute approximate surface area is 152 Å². The number of rotatable bonds is 4. The van der Waals surface area contributed by atoms with E-state index in [1.165, 1.54) is 25.7 Å². The zero-order valence-corrected chi connectivity index (χ0v) is 15.4. The molecule has 0 aromatic carbocycles. The fourth-order valence-corrected chi connectivity index (χ4v) is 5.31. The second-order valence-electron chi connectivity index (χ2n) is 8.61. The largest absolute Gasteiger partial charge is 0.390 e. The van der Waals surface area contributed by atoms with Gasteiger partial charge in [-0.2, -0.15) is 13.2 Å². The molecule has 7 heteroatoms. The maximum Gasteiger partial charge on any atom is 0.390 e. The highest BCUT2D eigenvalue weighted by molar-refractivity contribution is 5.19. The summed E-state index contributed by atoms with van der Waals surface area (Å²) < 4.78 is 39.8. The Hall–Kier alpha value is -1.11. The molecule has 0 radical (unpaired) electrons. The highest BCUT2D eigenvalue weighted by Crippen LogP contribution is 2.53. The molecule has 0 atom stereocenters. The average Bonchev–Trinajstić information content (AvgIpc) is 2.97. The Kier molecular flexibility index (Phi) is 4.78. The fourth-order valence-electron chi connectivity index (χ4n) is 5.31. The molecule has 3 saturated carbocycles. The summed E-state index contributed by atoms with van der Waals surface area (Å²) in [5, 5.41) is 12.4. The summed E-state index contributed by atoms with van der Waals surface area (Å²) in [7, 11) is 0. The molecular formula is C19H29F3N4. The molecule has 0 spiro atoms. The van der Waals surface area contributed by atoms with Crippen LogP contribution in [0.15, 0.2) is 0 Å². The molecule has 5 rings (SSSR count). The smallest absolute Gasteiger partial charge is 0.315 e. The van der Waals surface area contributed by atoms with Crippen LogP contribution in [0.5, 0.6) is 0 Å². The first-order valence-electron chi connectivity index (χ1n) is 10.2. The van der Waals surface area contributed by atoms with Crippen LogP contribution in [0.4, 0.5) is 13.2 Å². The van der Waals surface area contributed by atoms with Crippen LogP contribution in [0.2, 0.25) is 0 Å². The minimum absolute atomic E-state index is 0.0385. The molecule has 2 bridgehead atoms. The van der Waals surface area contributed by atoms with E-state index >= 15 is 0 Å². The molecule has 4 aliphatic rings. The number of hydrogen-bond donors (Lipinski definition) is 1. The first-order valence-corrected chi connectivity index (χ1v) is 10.2. The van der Waals surface area contributed by atoms with Gasteiger partial charge in [0.25, 0.3) is 0 Å². The third-order valence-electron chi connectivity index (χ3n) is 6.99. The van der Waals surface area contributed by atoms with Crippen LogP contribution in [0.1, 0.15) is 82.3 Å². The summed E-state index contributed by atoms with van der Waals surface area (Å²) in [5.41, 5.74) is 0.00399. The van der Waals surface area contributed by atoms with Crippen molar-refractivity contribution in [3.8, 4) is 0 Å². The van der Waals surface area contributed by atoms with Crippen LogP contribution >= 0.6 is 0 Å². The quantitative estimate of drug-likeness (QED) is 0.860. The van der Waals surface area contributed by atoms with Crippen LogP contribution in [0.3, 0.4) is 0 Å². The minimum Gasteiger partial charge on any atom is -0.315 e. The predicted molar refractivity (Wildman–Crippen MR) is 93.0 cm³/mol. The van der Waals surface area contributed by atoms with E-state index in [4.69, 9.17) is 0 Å². The van der Waals surface area contributed by atoms with Gasteiger partial charge in [-0.1, -0.05) is 12.8 Å². The minimum atomic E-state index is -4.07. The standard InChI is InChI=1S/C19H29F3N4/c20-19(21,22)12-13-23-18-9-6-17(7-10-18,8-11-18)16-25-24-15-5-3-1-2-4-14-26(15)16/h23H,1-14H2. The molecule has 1 aliphatic heterocycles. The lowest BCUT2D eigenvalue weighted by molar-refractivity contribution is -0.134. The third kappa shape index (κ3) is 3.51. The molecule has 3 aliphatic carbocycles. The van der Waals surface area contributed by atoms with Crippen molar-refractivity contribution < 1.29 is 13.2 Å². The zero-order chi connectivity index (χ0) is 18.3. The Bertz CT molecular complexity index is 613. The lowest BCUT2D eigenvalue weighted by Crippen LogP contribution is -2.57. The molecule has 1 N–H and O–H groups in total. The van der Waals surface area contributed by atoms with Gasteiger partial charge in [0, 0.05) is 30.5 Å². The highest BCUT2D eigenvalue weighted by Gasteiger charge is 2.51. The van der Waals surface area contributed by atoms with Gasteiger partial charge in [-0.25, -0.2) is 0 Å². The van der Waals surface area contributed by atoms with E-state index in [9.17, 15) is 13.2 Å². The van der Waals surface area contributed by atoms with Crippen molar-refractivity contribution in [1.29, 1.82) is 0 Å². The Morgan fingerprint density at radius 2 is 1.62 bits per heavy atom. The maximum atomic E-state index is 12.5. The first kappa shape index (κ1) is 18.3. The van der Waals surface area contributed by atoms with Gasteiger partial charge in [-0.3, -0.25) is 0 Å². The van der Waals surface area contributed by atoms with Gasteiger partial charge < -0.3 is 9.88 Å². The fraction of sp³-hybridized carbons (Fsp3) is 0.895. The SMILES string of the molecule is FC(F)(F)CCNC12CCC(c3nnc4n3CCCCCC4)(CC1)CC2. The third-order valence-corrected chi connectivity index (χ3v) is 6.99. The van der Waals surface area contributed by atoms with Gasteiger partial charge in [0.15, 0.2) is 0 Å². The Morgan fingerprint density at radius 1 is 0.923 bits per heavy atom. The summed E-state index contributed by atoms with van der Waals surface area (Å²) in [6.45, 7) is 1.06. The molecule has 2 heterocycles. The van der Waals surface area contributed by atoms with Crippen LogP contribution in [0, 0.1) is 0 Å². The number of fused-ring (bicyclic) bond motifs is 4. The molecule has 3 fully saturated rings. The number of halogens is 3. The lowest BCUT2D eigenvalue weighted by atomic mass is 9.57. The normalized spacial score (nSPS) is 32.1. The van der Waals surface area contributed by atoms with E-state index in [0.717, 1.165) is 63.1 Å². The second kappa shape index (κ2) is 6.80. The van der Waals surface area contributed by atoms with Gasteiger partial charge in [0.05, 0.1) is 6.42 Å². The highest BCUT2D eigenvalue weighted by atomic mass is 19.4. The van der Waals surface area contributed by atoms with Crippen molar-refractivity contribution >= 4 is 0 Å². The van der Waals surface area contributed by atoms with Gasteiger partial charge in [-0.05, 0) is 51.4 Å². The van der Waals surface area contributed by atoms with Crippen molar-refractivity contribution in [2.45, 2.75) is 101 Å². The molecular weight excluding hydrogens is 341 g/mol. The summed E-state index contributed by atoms with van der Waals surface area (Å²) in [5.74, 6) is 2.30. The Balaban J connectivity index is 1.45. The summed E-state index contributed by atoms with van der Waals surface area (Å²) in [4.78, 5) is 0. The van der Waals surface area contributed by atoms with Crippen molar-refractivity contribution in [3.05, 3.63) is 11.6 Å². The van der Waals surface area contributed by atoms with E-state index < -0.39 is 12.6 Å². The van der Waals surface area contributed by atoms with Crippen molar-refractivity contribution in [2.75, 3.05) is 6.54 Å². The van der Waals surface area contributed by atoms with E-state index in [-0.39, 0.29) is 17.5 Å². The molecule has 0 saturated heterocycles. The number of alkyl halides is 3. The molecule has 4 nitrogen and oxygen atoms in total. The first-order chi connectivity index (χ1) is 12.4. The maximum absolute atomic E-state index is 12.5. The zero-order valence-electron chi connectivity index (χ0n) is 15.4. The monoisotopic (exact) mass is 370 g/mol. The van der Waals surface area contributed by atoms with Gasteiger partial charge in [0.2, 0.25) is 0 Å². The molecule has 1 aromatic heterocycles. The second-order valence-corrected chi connectivity index (χ2v) is 8.61. The predicted octanol–water partition coefficient (Wildman–Crippen LogP) is 4.28. The van der Waals surface area contributed by atoms with E-state index in [2.05, 4.69) is 20.1 Å². The van der Waals surface area contributed by atoms with Crippen molar-refractivity contribution in [1.82, 2.24) is 20.1 Å². The average molecular weight is 370 g/mol. The van der Waals surface area contributed by atoms with Crippen molar-refractivity contribution in [2.24, 2.45) is 0 Å². The number of hydrogen-bond acceptors (Lipinski definition) is 3. The van der Waals surface area contributed by atoms with Gasteiger partial charge in [-0.15, -0.1) is 10.2 Å². The Morgan fingerprint density at radius 3 is 2.31 bits per heavy atom.